The van der Waals surface area contributed by atoms with Gasteiger partial charge in [-0.2, -0.15) is 0 Å². The Kier molecular flexibility index (Phi) is 6.01. The molecule has 3 nitrogen and oxygen atoms in total. The van der Waals surface area contributed by atoms with Crippen LogP contribution in [0.2, 0.25) is 0 Å². The first-order chi connectivity index (χ1) is 9.70. The van der Waals surface area contributed by atoms with Crippen molar-refractivity contribution in [3.63, 3.8) is 0 Å². The number of nitrogens with one attached hydrogen (secondary N) is 1. The Hall–Kier alpha value is -0.910. The van der Waals surface area contributed by atoms with E-state index in [0.717, 1.165) is 36.8 Å². The number of aromatic nitrogens is 1. The summed E-state index contributed by atoms with van der Waals surface area (Å²) >= 11 is 3.56. The number of rotatable bonds is 8. The van der Waals surface area contributed by atoms with E-state index in [0.29, 0.717) is 6.04 Å². The molecular formula is C15H23N3S2. The maximum Gasteiger partial charge on any atom is 0.185 e. The number of thiazole rings is 1. The van der Waals surface area contributed by atoms with Crippen LogP contribution in [0.15, 0.2) is 22.9 Å². The van der Waals surface area contributed by atoms with Crippen LogP contribution in [0.3, 0.4) is 0 Å². The fraction of sp³-hybridized carbons (Fsp3) is 0.533. The van der Waals surface area contributed by atoms with Gasteiger partial charge in [-0.3, -0.25) is 0 Å². The Balaban J connectivity index is 1.87. The predicted octanol–water partition coefficient (Wildman–Crippen LogP) is 3.94. The van der Waals surface area contributed by atoms with Crippen molar-refractivity contribution in [3.8, 4) is 0 Å². The number of likely N-dealkylation sites (N-methyl/N-ethyl adjacent to an activating group) is 1. The highest BCUT2D eigenvalue weighted by Gasteiger charge is 2.11. The summed E-state index contributed by atoms with van der Waals surface area (Å²) in [6.07, 6.45) is 2.24. The summed E-state index contributed by atoms with van der Waals surface area (Å²) in [4.78, 5) is 8.44. The van der Waals surface area contributed by atoms with Crippen molar-refractivity contribution in [3.05, 3.63) is 33.5 Å². The third-order valence-electron chi connectivity index (χ3n) is 3.25. The van der Waals surface area contributed by atoms with Gasteiger partial charge in [-0.1, -0.05) is 13.0 Å². The van der Waals surface area contributed by atoms with Crippen molar-refractivity contribution in [2.75, 3.05) is 25.0 Å². The lowest BCUT2D eigenvalue weighted by molar-refractivity contribution is 0.561. The highest BCUT2D eigenvalue weighted by atomic mass is 32.1. The highest BCUT2D eigenvalue weighted by Crippen LogP contribution is 2.23. The molecule has 2 rings (SSSR count). The molecule has 0 spiro atoms. The quantitative estimate of drug-likeness (QED) is 0.800. The van der Waals surface area contributed by atoms with Crippen LogP contribution < -0.4 is 10.2 Å². The van der Waals surface area contributed by atoms with Crippen molar-refractivity contribution in [1.82, 2.24) is 10.3 Å². The van der Waals surface area contributed by atoms with Crippen molar-refractivity contribution < 1.29 is 0 Å². The average molecular weight is 310 g/mol. The lowest BCUT2D eigenvalue weighted by Crippen LogP contribution is -2.21. The minimum absolute atomic E-state index is 0.339. The minimum Gasteiger partial charge on any atom is -0.351 e. The van der Waals surface area contributed by atoms with E-state index in [1.807, 2.05) is 11.3 Å². The van der Waals surface area contributed by atoms with Crippen LogP contribution in [0, 0.1) is 0 Å². The Bertz CT molecular complexity index is 493. The van der Waals surface area contributed by atoms with Crippen LogP contribution in [-0.2, 0) is 6.42 Å². The molecule has 1 N–H and O–H groups in total. The number of hydrogen-bond donors (Lipinski definition) is 1. The molecule has 0 radical (unpaired) electrons. The van der Waals surface area contributed by atoms with Gasteiger partial charge in [0.15, 0.2) is 5.13 Å². The topological polar surface area (TPSA) is 28.2 Å². The first-order valence-corrected chi connectivity index (χ1v) is 8.89. The van der Waals surface area contributed by atoms with Gasteiger partial charge >= 0.3 is 0 Å². The molecule has 0 aliphatic rings. The van der Waals surface area contributed by atoms with Gasteiger partial charge in [-0.05, 0) is 37.8 Å². The van der Waals surface area contributed by atoms with Gasteiger partial charge in [0.05, 0.1) is 5.69 Å². The lowest BCUT2D eigenvalue weighted by Gasteiger charge is -2.15. The largest absolute Gasteiger partial charge is 0.351 e. The molecule has 0 bridgehead atoms. The lowest BCUT2D eigenvalue weighted by atomic mass is 10.2. The number of thiophene rings is 1. The standard InChI is InChI=1S/C15H23N3S2/c1-4-8-16-12(2)14-11-20-15(17-14)18(3)9-7-13-6-5-10-19-13/h5-6,10-12,16H,4,7-9H2,1-3H3. The molecule has 0 aliphatic carbocycles. The molecule has 0 fully saturated rings. The van der Waals surface area contributed by atoms with Crippen molar-refractivity contribution >= 4 is 27.8 Å². The van der Waals surface area contributed by atoms with Gasteiger partial charge in [0, 0.05) is 29.9 Å². The minimum atomic E-state index is 0.339. The molecule has 1 atom stereocenters. The molecule has 5 heteroatoms. The van der Waals surface area contributed by atoms with E-state index in [-0.39, 0.29) is 0 Å². The van der Waals surface area contributed by atoms with Crippen LogP contribution in [0.5, 0.6) is 0 Å². The normalized spacial score (nSPS) is 12.6. The van der Waals surface area contributed by atoms with E-state index in [1.165, 1.54) is 4.88 Å². The summed E-state index contributed by atoms with van der Waals surface area (Å²) < 4.78 is 0. The average Bonchev–Trinajstić information content (AvgIpc) is 3.12. The van der Waals surface area contributed by atoms with Crippen LogP contribution in [0.1, 0.15) is 36.9 Å². The third kappa shape index (κ3) is 4.30. The van der Waals surface area contributed by atoms with Crippen LogP contribution in [0.4, 0.5) is 5.13 Å². The van der Waals surface area contributed by atoms with E-state index >= 15 is 0 Å². The maximum atomic E-state index is 4.75. The number of anilines is 1. The van der Waals surface area contributed by atoms with Gasteiger partial charge in [-0.25, -0.2) is 4.98 Å². The van der Waals surface area contributed by atoms with Crippen LogP contribution >= 0.6 is 22.7 Å². The Morgan fingerprint density at radius 3 is 2.95 bits per heavy atom. The number of nitrogens with zero attached hydrogens (tertiary/aromatic N) is 2. The summed E-state index contributed by atoms with van der Waals surface area (Å²) in [6, 6.07) is 4.65. The summed E-state index contributed by atoms with van der Waals surface area (Å²) in [5.74, 6) is 0. The molecule has 1 unspecified atom stereocenters. The number of hydrogen-bond acceptors (Lipinski definition) is 5. The second-order valence-electron chi connectivity index (χ2n) is 4.98. The molecule has 0 saturated heterocycles. The Morgan fingerprint density at radius 2 is 2.25 bits per heavy atom. The summed E-state index contributed by atoms with van der Waals surface area (Å²) in [7, 11) is 2.13. The van der Waals surface area contributed by atoms with E-state index in [9.17, 15) is 0 Å². The molecule has 0 saturated carbocycles. The van der Waals surface area contributed by atoms with Crippen LogP contribution in [-0.4, -0.2) is 25.1 Å². The molecule has 0 amide bonds. The van der Waals surface area contributed by atoms with Crippen molar-refractivity contribution in [1.29, 1.82) is 0 Å². The SMILES string of the molecule is CCCNC(C)c1csc(N(C)CCc2cccs2)n1. The summed E-state index contributed by atoms with van der Waals surface area (Å²) in [6.45, 7) is 6.43. The van der Waals surface area contributed by atoms with Crippen LogP contribution in [0.25, 0.3) is 0 Å². The monoisotopic (exact) mass is 309 g/mol. The summed E-state index contributed by atoms with van der Waals surface area (Å²) in [5.41, 5.74) is 1.15. The smallest absolute Gasteiger partial charge is 0.185 e. The molecule has 110 valence electrons. The van der Waals surface area contributed by atoms with Gasteiger partial charge < -0.3 is 10.2 Å². The second kappa shape index (κ2) is 7.76. The van der Waals surface area contributed by atoms with Gasteiger partial charge in [0.2, 0.25) is 0 Å². The molecular weight excluding hydrogens is 286 g/mol. The fourth-order valence-electron chi connectivity index (χ4n) is 1.94. The highest BCUT2D eigenvalue weighted by molar-refractivity contribution is 7.13. The summed E-state index contributed by atoms with van der Waals surface area (Å²) in [5, 5.41) is 8.90. The first-order valence-electron chi connectivity index (χ1n) is 7.13. The van der Waals surface area contributed by atoms with E-state index in [4.69, 9.17) is 4.98 Å². The van der Waals surface area contributed by atoms with Gasteiger partial charge in [-0.15, -0.1) is 22.7 Å². The molecule has 20 heavy (non-hydrogen) atoms. The molecule has 2 aromatic rings. The van der Waals surface area contributed by atoms with Gasteiger partial charge in [0.1, 0.15) is 0 Å². The zero-order valence-corrected chi connectivity index (χ0v) is 14.1. The molecule has 2 heterocycles. The Morgan fingerprint density at radius 1 is 1.40 bits per heavy atom. The fourth-order valence-corrected chi connectivity index (χ4v) is 3.55. The van der Waals surface area contributed by atoms with E-state index in [1.54, 1.807) is 11.3 Å². The zero-order chi connectivity index (χ0) is 14.4. The Labute approximate surface area is 129 Å². The van der Waals surface area contributed by atoms with Crippen molar-refractivity contribution in [2.24, 2.45) is 0 Å². The third-order valence-corrected chi connectivity index (χ3v) is 5.16. The first kappa shape index (κ1) is 15.5. The van der Waals surface area contributed by atoms with Gasteiger partial charge in [0.25, 0.3) is 0 Å². The molecule has 0 aromatic carbocycles. The van der Waals surface area contributed by atoms with E-state index < -0.39 is 0 Å². The zero-order valence-electron chi connectivity index (χ0n) is 12.4. The predicted molar refractivity (Wildman–Crippen MR) is 90.1 cm³/mol. The molecule has 2 aromatic heterocycles. The molecule has 0 aliphatic heterocycles. The second-order valence-corrected chi connectivity index (χ2v) is 6.85. The maximum absolute atomic E-state index is 4.75. The van der Waals surface area contributed by atoms with Crippen molar-refractivity contribution in [2.45, 2.75) is 32.7 Å². The van der Waals surface area contributed by atoms with E-state index in [2.05, 4.69) is 54.0 Å².